The van der Waals surface area contributed by atoms with Gasteiger partial charge in [0.25, 0.3) is 0 Å². The van der Waals surface area contributed by atoms with Gasteiger partial charge in [0.1, 0.15) is 5.60 Å². The van der Waals surface area contributed by atoms with Crippen molar-refractivity contribution in [3.63, 3.8) is 0 Å². The van der Waals surface area contributed by atoms with Crippen molar-refractivity contribution in [1.82, 2.24) is 4.90 Å². The van der Waals surface area contributed by atoms with Gasteiger partial charge in [-0.2, -0.15) is 0 Å². The Morgan fingerprint density at radius 2 is 2.00 bits per heavy atom. The molecular weight excluding hydrogens is 204 g/mol. The quantitative estimate of drug-likeness (QED) is 0.743. The maximum atomic E-state index is 11.9. The van der Waals surface area contributed by atoms with Gasteiger partial charge in [-0.25, -0.2) is 4.79 Å². The molecule has 2 aliphatic rings. The molecular formula is C12H22N2O2. The van der Waals surface area contributed by atoms with Gasteiger partial charge in [0.15, 0.2) is 0 Å². The number of ether oxygens (including phenoxy) is 1. The smallest absolute Gasteiger partial charge is 0.411 e. The summed E-state index contributed by atoms with van der Waals surface area (Å²) in [5.74, 6) is 1.19. The van der Waals surface area contributed by atoms with Crippen molar-refractivity contribution in [3.8, 4) is 0 Å². The van der Waals surface area contributed by atoms with Crippen molar-refractivity contribution in [2.24, 2.45) is 17.6 Å². The molecule has 2 fully saturated rings. The molecule has 1 aliphatic heterocycles. The van der Waals surface area contributed by atoms with E-state index in [0.29, 0.717) is 5.92 Å². The zero-order valence-corrected chi connectivity index (χ0v) is 10.6. The third-order valence-electron chi connectivity index (χ3n) is 3.52. The number of hydrogen-bond donors (Lipinski definition) is 1. The number of nitrogens with two attached hydrogens (primary N) is 1. The Hall–Kier alpha value is -0.770. The summed E-state index contributed by atoms with van der Waals surface area (Å²) in [7, 11) is 0. The van der Waals surface area contributed by atoms with Crippen LogP contribution in [0.25, 0.3) is 0 Å². The van der Waals surface area contributed by atoms with Crippen molar-refractivity contribution < 1.29 is 9.53 Å². The normalized spacial score (nSPS) is 34.6. The van der Waals surface area contributed by atoms with Gasteiger partial charge < -0.3 is 10.5 Å². The molecule has 1 saturated carbocycles. The average molecular weight is 226 g/mol. The van der Waals surface area contributed by atoms with Crippen LogP contribution in [0.3, 0.4) is 0 Å². The van der Waals surface area contributed by atoms with Crippen molar-refractivity contribution in [2.45, 2.75) is 51.8 Å². The van der Waals surface area contributed by atoms with E-state index in [1.165, 1.54) is 12.8 Å². The first-order valence-electron chi connectivity index (χ1n) is 6.01. The fraction of sp³-hybridized carbons (Fsp3) is 0.917. The van der Waals surface area contributed by atoms with Crippen LogP contribution in [0.1, 0.15) is 40.5 Å². The molecule has 2 atom stereocenters. The molecule has 1 saturated heterocycles. The van der Waals surface area contributed by atoms with E-state index in [1.807, 2.05) is 27.7 Å². The monoisotopic (exact) mass is 226 g/mol. The molecule has 2 N–H and O–H groups in total. The highest BCUT2D eigenvalue weighted by molar-refractivity contribution is 5.70. The van der Waals surface area contributed by atoms with Gasteiger partial charge in [0, 0.05) is 12.5 Å². The van der Waals surface area contributed by atoms with E-state index in [4.69, 9.17) is 10.5 Å². The molecule has 0 radical (unpaired) electrons. The summed E-state index contributed by atoms with van der Waals surface area (Å²) >= 11 is 0. The van der Waals surface area contributed by atoms with Crippen molar-refractivity contribution in [3.05, 3.63) is 0 Å². The lowest BCUT2D eigenvalue weighted by atomic mass is 9.80. The highest BCUT2D eigenvalue weighted by Gasteiger charge is 2.56. The molecule has 0 aromatic rings. The summed E-state index contributed by atoms with van der Waals surface area (Å²) in [6.07, 6.45) is 2.24. The molecule has 1 aliphatic carbocycles. The SMILES string of the molecule is CC(C)(C)OC(=O)N1CC(C2CC2)C1(C)N. The highest BCUT2D eigenvalue weighted by Crippen LogP contribution is 2.48. The van der Waals surface area contributed by atoms with E-state index >= 15 is 0 Å². The number of amides is 1. The highest BCUT2D eigenvalue weighted by atomic mass is 16.6. The Bertz CT molecular complexity index is 303. The summed E-state index contributed by atoms with van der Waals surface area (Å²) in [6, 6.07) is 0. The fourth-order valence-corrected chi connectivity index (χ4v) is 2.38. The topological polar surface area (TPSA) is 55.6 Å². The van der Waals surface area contributed by atoms with Crippen LogP contribution in [-0.4, -0.2) is 28.8 Å². The summed E-state index contributed by atoms with van der Waals surface area (Å²) in [5.41, 5.74) is 5.24. The maximum absolute atomic E-state index is 11.9. The van der Waals surface area contributed by atoms with Crippen LogP contribution in [0.15, 0.2) is 0 Å². The van der Waals surface area contributed by atoms with Crippen LogP contribution in [0, 0.1) is 11.8 Å². The van der Waals surface area contributed by atoms with Crippen molar-refractivity contribution in [1.29, 1.82) is 0 Å². The van der Waals surface area contributed by atoms with Gasteiger partial charge in [0.2, 0.25) is 0 Å². The number of carbonyl (C=O) groups is 1. The standard InChI is InChI=1S/C12H22N2O2/c1-11(2,3)16-10(15)14-7-9(8-5-6-8)12(14,4)13/h8-9H,5-7,13H2,1-4H3. The number of hydrogen-bond acceptors (Lipinski definition) is 3. The van der Waals surface area contributed by atoms with E-state index in [1.54, 1.807) is 4.90 Å². The predicted molar refractivity (Wildman–Crippen MR) is 61.7 cm³/mol. The van der Waals surface area contributed by atoms with Gasteiger partial charge in [-0.3, -0.25) is 4.90 Å². The van der Waals surface area contributed by atoms with Gasteiger partial charge >= 0.3 is 6.09 Å². The first-order valence-corrected chi connectivity index (χ1v) is 6.01. The van der Waals surface area contributed by atoms with E-state index in [2.05, 4.69) is 0 Å². The van der Waals surface area contributed by atoms with E-state index < -0.39 is 11.3 Å². The largest absolute Gasteiger partial charge is 0.444 e. The predicted octanol–water partition coefficient (Wildman–Crippen LogP) is 1.94. The van der Waals surface area contributed by atoms with Crippen molar-refractivity contribution >= 4 is 6.09 Å². The molecule has 1 heterocycles. The van der Waals surface area contributed by atoms with Crippen LogP contribution < -0.4 is 5.73 Å². The minimum absolute atomic E-state index is 0.283. The number of likely N-dealkylation sites (tertiary alicyclic amines) is 1. The summed E-state index contributed by atoms with van der Waals surface area (Å²) in [6.45, 7) is 8.31. The molecule has 4 nitrogen and oxygen atoms in total. The third-order valence-corrected chi connectivity index (χ3v) is 3.52. The van der Waals surface area contributed by atoms with Gasteiger partial charge in [-0.15, -0.1) is 0 Å². The second-order valence-corrected chi connectivity index (χ2v) is 6.26. The second-order valence-electron chi connectivity index (χ2n) is 6.26. The summed E-state index contributed by atoms with van der Waals surface area (Å²) in [4.78, 5) is 13.5. The molecule has 0 aromatic carbocycles. The lowest BCUT2D eigenvalue weighted by Gasteiger charge is -2.54. The summed E-state index contributed by atoms with van der Waals surface area (Å²) in [5, 5.41) is 0. The van der Waals surface area contributed by atoms with Gasteiger partial charge in [-0.1, -0.05) is 0 Å². The van der Waals surface area contributed by atoms with Crippen LogP contribution in [0.2, 0.25) is 0 Å². The first kappa shape index (κ1) is 11.7. The third kappa shape index (κ3) is 2.03. The van der Waals surface area contributed by atoms with Crippen LogP contribution in [0.4, 0.5) is 4.79 Å². The van der Waals surface area contributed by atoms with Crippen LogP contribution >= 0.6 is 0 Å². The minimum atomic E-state index is -0.510. The molecule has 4 heteroatoms. The number of rotatable bonds is 1. The molecule has 92 valence electrons. The number of nitrogens with zero attached hydrogens (tertiary/aromatic N) is 1. The molecule has 16 heavy (non-hydrogen) atoms. The zero-order chi connectivity index (χ0) is 12.1. The Kier molecular flexibility index (Phi) is 2.46. The molecule has 0 spiro atoms. The van der Waals surface area contributed by atoms with Gasteiger partial charge in [0.05, 0.1) is 5.66 Å². The van der Waals surface area contributed by atoms with E-state index in [-0.39, 0.29) is 6.09 Å². The molecule has 1 amide bonds. The van der Waals surface area contributed by atoms with E-state index in [9.17, 15) is 4.79 Å². The minimum Gasteiger partial charge on any atom is -0.444 e. The zero-order valence-electron chi connectivity index (χ0n) is 10.6. The van der Waals surface area contributed by atoms with E-state index in [0.717, 1.165) is 12.5 Å². The average Bonchev–Trinajstić information content (AvgIpc) is 2.82. The number of carbonyl (C=O) groups excluding carboxylic acids is 1. The van der Waals surface area contributed by atoms with Crippen molar-refractivity contribution in [2.75, 3.05) is 6.54 Å². The Morgan fingerprint density at radius 3 is 2.38 bits per heavy atom. The fourth-order valence-electron chi connectivity index (χ4n) is 2.38. The summed E-state index contributed by atoms with van der Waals surface area (Å²) < 4.78 is 5.33. The maximum Gasteiger partial charge on any atom is 0.411 e. The van der Waals surface area contributed by atoms with Crippen LogP contribution in [-0.2, 0) is 4.74 Å². The van der Waals surface area contributed by atoms with Crippen LogP contribution in [0.5, 0.6) is 0 Å². The lowest BCUT2D eigenvalue weighted by molar-refractivity contribution is -0.0818. The lowest BCUT2D eigenvalue weighted by Crippen LogP contribution is -2.73. The molecule has 0 bridgehead atoms. The molecule has 2 rings (SSSR count). The Morgan fingerprint density at radius 1 is 1.44 bits per heavy atom. The molecule has 0 aromatic heterocycles. The Balaban J connectivity index is 1.94. The van der Waals surface area contributed by atoms with Gasteiger partial charge in [-0.05, 0) is 46.5 Å². The Labute approximate surface area is 97.1 Å². The molecule has 2 unspecified atom stereocenters. The second kappa shape index (κ2) is 3.36. The first-order chi connectivity index (χ1) is 7.22.